The van der Waals surface area contributed by atoms with Crippen molar-refractivity contribution < 1.29 is 9.59 Å². The number of nitriles is 1. The summed E-state index contributed by atoms with van der Waals surface area (Å²) >= 11 is 0. The van der Waals surface area contributed by atoms with E-state index in [-0.39, 0.29) is 36.0 Å². The third-order valence-corrected chi connectivity index (χ3v) is 7.18. The van der Waals surface area contributed by atoms with E-state index in [2.05, 4.69) is 26.7 Å². The first-order chi connectivity index (χ1) is 16.0. The maximum atomic E-state index is 13.2. The van der Waals surface area contributed by atoms with E-state index in [1.165, 1.54) is 0 Å². The number of aromatic amines is 1. The molecule has 3 aliphatic rings. The lowest BCUT2D eigenvalue weighted by Crippen LogP contribution is -2.56. The van der Waals surface area contributed by atoms with E-state index in [1.54, 1.807) is 4.90 Å². The number of nitrogens with one attached hydrogen (secondary N) is 1. The van der Waals surface area contributed by atoms with E-state index in [4.69, 9.17) is 5.73 Å². The number of benzene rings is 1. The highest BCUT2D eigenvalue weighted by molar-refractivity contribution is 5.87. The van der Waals surface area contributed by atoms with Crippen molar-refractivity contribution in [1.29, 1.82) is 5.26 Å². The van der Waals surface area contributed by atoms with Crippen molar-refractivity contribution in [2.45, 2.75) is 56.4 Å². The molecule has 0 spiro atoms. The zero-order valence-electron chi connectivity index (χ0n) is 18.5. The molecule has 0 saturated carbocycles. The number of amides is 2. The van der Waals surface area contributed by atoms with Crippen LogP contribution in [0, 0.1) is 11.3 Å². The lowest BCUT2D eigenvalue weighted by molar-refractivity contribution is -0.140. The van der Waals surface area contributed by atoms with E-state index in [9.17, 15) is 14.9 Å². The van der Waals surface area contributed by atoms with Gasteiger partial charge in [-0.15, -0.1) is 5.10 Å². The number of carbonyl (C=O) groups excluding carboxylic acids is 2. The number of H-pyrrole nitrogens is 1. The molecule has 5 atom stereocenters. The summed E-state index contributed by atoms with van der Waals surface area (Å²) in [6.07, 6.45) is 2.27. The summed E-state index contributed by atoms with van der Waals surface area (Å²) in [5.41, 5.74) is 8.15. The summed E-state index contributed by atoms with van der Waals surface area (Å²) in [7, 11) is 0. The molecule has 0 unspecified atom stereocenters. The van der Waals surface area contributed by atoms with Crippen molar-refractivity contribution in [2.24, 2.45) is 5.73 Å². The second-order valence-electron chi connectivity index (χ2n) is 9.08. The van der Waals surface area contributed by atoms with Crippen LogP contribution in [-0.4, -0.2) is 90.9 Å². The first-order valence-electron chi connectivity index (χ1n) is 11.3. The third kappa shape index (κ3) is 3.75. The zero-order chi connectivity index (χ0) is 23.1. The van der Waals surface area contributed by atoms with Crippen LogP contribution in [0.2, 0.25) is 0 Å². The number of aromatic nitrogens is 4. The number of tetrazole rings is 1. The molecule has 4 heterocycles. The molecule has 3 N–H and O–H groups in total. The van der Waals surface area contributed by atoms with Crippen LogP contribution in [0.25, 0.3) is 11.4 Å². The normalized spacial score (nSPS) is 26.6. The Kier molecular flexibility index (Phi) is 5.55. The van der Waals surface area contributed by atoms with Gasteiger partial charge in [-0.3, -0.25) is 14.5 Å². The van der Waals surface area contributed by atoms with Crippen molar-refractivity contribution in [3.63, 3.8) is 0 Å². The predicted octanol–water partition coefficient (Wildman–Crippen LogP) is 0.0547. The number of carbonyl (C=O) groups is 2. The average Bonchev–Trinajstić information content (AvgIpc) is 3.62. The van der Waals surface area contributed by atoms with Gasteiger partial charge in [0.2, 0.25) is 11.8 Å². The Hall–Kier alpha value is -3.36. The number of piperazine rings is 1. The maximum absolute atomic E-state index is 13.2. The van der Waals surface area contributed by atoms with E-state index in [1.807, 2.05) is 41.0 Å². The van der Waals surface area contributed by atoms with E-state index in [0.29, 0.717) is 31.9 Å². The minimum Gasteiger partial charge on any atom is -0.330 e. The number of hydrogen-bond acceptors (Lipinski definition) is 8. The molecule has 3 fully saturated rings. The average molecular weight is 450 g/mol. The van der Waals surface area contributed by atoms with Crippen LogP contribution in [-0.2, 0) is 9.59 Å². The molecule has 172 valence electrons. The number of nitrogens with two attached hydrogens (primary N) is 1. The molecule has 11 nitrogen and oxygen atoms in total. The van der Waals surface area contributed by atoms with Gasteiger partial charge in [0.05, 0.1) is 24.2 Å². The summed E-state index contributed by atoms with van der Waals surface area (Å²) in [6.45, 7) is 3.65. The van der Waals surface area contributed by atoms with E-state index in [0.717, 1.165) is 24.0 Å². The predicted molar refractivity (Wildman–Crippen MR) is 117 cm³/mol. The number of rotatable bonds is 6. The van der Waals surface area contributed by atoms with E-state index >= 15 is 0 Å². The standard InChI is InChI=1S/C22H27N9O2/c1-13(14-4-6-15(7-5-14)20-25-27-28-26-20)31-17-9-19(22(31)33)29(11-17)12-18(24)21(32)30-8-2-3-16(30)10-23/h4-7,13,16-19H,2-3,8-9,11-12,24H2,1H3,(H,25,26,27,28)/t13-,16-,17-,18-,19-/m0/s1. The molecular weight excluding hydrogens is 422 g/mol. The number of nitrogens with zero attached hydrogens (tertiary/aromatic N) is 7. The summed E-state index contributed by atoms with van der Waals surface area (Å²) in [4.78, 5) is 31.6. The minimum atomic E-state index is -0.727. The minimum absolute atomic E-state index is 0.0622. The zero-order valence-corrected chi connectivity index (χ0v) is 18.5. The molecule has 0 radical (unpaired) electrons. The van der Waals surface area contributed by atoms with Gasteiger partial charge in [-0.1, -0.05) is 24.3 Å². The highest BCUT2D eigenvalue weighted by Crippen LogP contribution is 2.38. The SMILES string of the molecule is C[C@@H](c1ccc(-c2nnn[nH]2)cc1)N1C(=O)[C@@H]2C[C@H]1CN2C[C@H](N)C(=O)N1CCC[C@H]1C#N. The van der Waals surface area contributed by atoms with Gasteiger partial charge in [0.1, 0.15) is 6.04 Å². The first-order valence-corrected chi connectivity index (χ1v) is 11.3. The van der Waals surface area contributed by atoms with Crippen molar-refractivity contribution >= 4 is 11.8 Å². The number of hydrogen-bond donors (Lipinski definition) is 2. The lowest BCUT2D eigenvalue weighted by Gasteiger charge is -2.38. The molecule has 0 aliphatic carbocycles. The van der Waals surface area contributed by atoms with Crippen LogP contribution >= 0.6 is 0 Å². The quantitative estimate of drug-likeness (QED) is 0.629. The van der Waals surface area contributed by atoms with Gasteiger partial charge in [0, 0.05) is 31.2 Å². The van der Waals surface area contributed by atoms with Crippen molar-refractivity contribution in [3.8, 4) is 17.5 Å². The smallest absolute Gasteiger partial charge is 0.241 e. The van der Waals surface area contributed by atoms with Crippen LogP contribution in [0.1, 0.15) is 37.8 Å². The Morgan fingerprint density at radius 3 is 2.82 bits per heavy atom. The van der Waals surface area contributed by atoms with E-state index < -0.39 is 6.04 Å². The molecule has 1 aromatic heterocycles. The molecule has 2 amide bonds. The molecule has 1 aromatic carbocycles. The Labute approximate surface area is 191 Å². The second kappa shape index (κ2) is 8.53. The summed E-state index contributed by atoms with van der Waals surface area (Å²) in [5.74, 6) is 0.488. The largest absolute Gasteiger partial charge is 0.330 e. The fraction of sp³-hybridized carbons (Fsp3) is 0.545. The topological polar surface area (TPSA) is 148 Å². The van der Waals surface area contributed by atoms with Crippen LogP contribution in [0.15, 0.2) is 24.3 Å². The number of likely N-dealkylation sites (tertiary alicyclic amines) is 3. The van der Waals surface area contributed by atoms with Gasteiger partial charge in [-0.2, -0.15) is 5.26 Å². The monoisotopic (exact) mass is 449 g/mol. The Morgan fingerprint density at radius 1 is 1.36 bits per heavy atom. The lowest BCUT2D eigenvalue weighted by atomic mass is 10.0. The highest BCUT2D eigenvalue weighted by Gasteiger charge is 2.51. The van der Waals surface area contributed by atoms with Gasteiger partial charge in [0.15, 0.2) is 5.82 Å². The molecule has 2 bridgehead atoms. The third-order valence-electron chi connectivity index (χ3n) is 7.18. The Morgan fingerprint density at radius 2 is 2.15 bits per heavy atom. The van der Waals surface area contributed by atoms with Crippen molar-refractivity contribution in [3.05, 3.63) is 29.8 Å². The Bertz CT molecular complexity index is 1060. The summed E-state index contributed by atoms with van der Waals surface area (Å²) in [6, 6.07) is 8.73. The summed E-state index contributed by atoms with van der Waals surface area (Å²) in [5, 5.41) is 23.1. The molecule has 5 rings (SSSR count). The van der Waals surface area contributed by atoms with Gasteiger partial charge in [-0.05, 0) is 42.2 Å². The molecule has 3 saturated heterocycles. The molecular formula is C22H27N9O2. The maximum Gasteiger partial charge on any atom is 0.241 e. The molecule has 3 aliphatic heterocycles. The molecule has 2 aromatic rings. The fourth-order valence-electron chi connectivity index (χ4n) is 5.47. The van der Waals surface area contributed by atoms with Gasteiger partial charge >= 0.3 is 0 Å². The first kappa shape index (κ1) is 21.5. The summed E-state index contributed by atoms with van der Waals surface area (Å²) < 4.78 is 0. The second-order valence-corrected chi connectivity index (χ2v) is 9.08. The van der Waals surface area contributed by atoms with Crippen LogP contribution in [0.3, 0.4) is 0 Å². The fourth-order valence-corrected chi connectivity index (χ4v) is 5.47. The van der Waals surface area contributed by atoms with Gasteiger partial charge in [0.25, 0.3) is 0 Å². The van der Waals surface area contributed by atoms with Gasteiger partial charge in [-0.25, -0.2) is 5.10 Å². The number of fused-ring (bicyclic) bond motifs is 2. The Balaban J connectivity index is 1.22. The highest BCUT2D eigenvalue weighted by atomic mass is 16.2. The van der Waals surface area contributed by atoms with Crippen LogP contribution in [0.4, 0.5) is 0 Å². The van der Waals surface area contributed by atoms with Crippen molar-refractivity contribution in [2.75, 3.05) is 19.6 Å². The van der Waals surface area contributed by atoms with Crippen LogP contribution in [0.5, 0.6) is 0 Å². The molecule has 33 heavy (non-hydrogen) atoms. The van der Waals surface area contributed by atoms with Crippen LogP contribution < -0.4 is 5.73 Å². The van der Waals surface area contributed by atoms with Gasteiger partial charge < -0.3 is 15.5 Å². The van der Waals surface area contributed by atoms with Crippen molar-refractivity contribution in [1.82, 2.24) is 35.3 Å². The molecule has 11 heteroatoms.